The minimum absolute atomic E-state index is 0.0649. The van der Waals surface area contributed by atoms with Crippen molar-refractivity contribution >= 4 is 34.4 Å². The molecule has 16 heavy (non-hydrogen) atoms. The Labute approximate surface area is 96.8 Å². The van der Waals surface area contributed by atoms with Crippen molar-refractivity contribution in [2.45, 2.75) is 0 Å². The van der Waals surface area contributed by atoms with Gasteiger partial charge in [-0.2, -0.15) is 4.99 Å². The van der Waals surface area contributed by atoms with Gasteiger partial charge < -0.3 is 17.2 Å². The Morgan fingerprint density at radius 1 is 1.12 bits per heavy atom. The number of nitrogens with two attached hydrogens (primary N) is 3. The van der Waals surface area contributed by atoms with E-state index in [1.807, 2.05) is 0 Å². The maximum absolute atomic E-state index is 10.8. The summed E-state index contributed by atoms with van der Waals surface area (Å²) in [7, 11) is 0. The first kappa shape index (κ1) is 12.0. The molecule has 1 aromatic rings. The van der Waals surface area contributed by atoms with Gasteiger partial charge in [0.1, 0.15) is 0 Å². The summed E-state index contributed by atoms with van der Waals surface area (Å²) >= 11 is 5.28. The van der Waals surface area contributed by atoms with Crippen LogP contribution < -0.4 is 17.2 Å². The zero-order chi connectivity index (χ0) is 12.1. The van der Waals surface area contributed by atoms with Crippen LogP contribution in [-0.2, 0) is 0 Å². The van der Waals surface area contributed by atoms with Gasteiger partial charge in [-0.05, 0) is 35.9 Å². The smallest absolute Gasteiger partial charge is 0.252 e. The molecule has 1 aromatic carbocycles. The largest absolute Gasteiger partial charge is 0.370 e. The Kier molecular flexibility index (Phi) is 3.84. The zero-order valence-corrected chi connectivity index (χ0v) is 8.98. The van der Waals surface area contributed by atoms with Gasteiger partial charge in [0.25, 0.3) is 5.24 Å². The van der Waals surface area contributed by atoms with Crippen LogP contribution in [0.1, 0.15) is 10.4 Å². The van der Waals surface area contributed by atoms with Crippen LogP contribution in [0.4, 0.5) is 5.69 Å². The molecule has 0 saturated heterocycles. The van der Waals surface area contributed by atoms with E-state index < -0.39 is 5.24 Å². The van der Waals surface area contributed by atoms with Gasteiger partial charge in [0.15, 0.2) is 5.96 Å². The fourth-order valence-corrected chi connectivity index (χ4v) is 1.08. The molecular formula is C9H10ClN5O. The Morgan fingerprint density at radius 3 is 2.12 bits per heavy atom. The molecule has 0 fully saturated rings. The lowest BCUT2D eigenvalue weighted by atomic mass is 10.2. The first-order chi connectivity index (χ1) is 7.49. The lowest BCUT2D eigenvalue weighted by Gasteiger charge is -1.97. The Balaban J connectivity index is 2.91. The summed E-state index contributed by atoms with van der Waals surface area (Å²) in [6.07, 6.45) is 0. The second kappa shape index (κ2) is 5.13. The predicted molar refractivity (Wildman–Crippen MR) is 63.7 cm³/mol. The lowest BCUT2D eigenvalue weighted by molar-refractivity contribution is 0.108. The molecule has 0 aliphatic carbocycles. The molecule has 6 nitrogen and oxygen atoms in total. The summed E-state index contributed by atoms with van der Waals surface area (Å²) in [5.74, 6) is -0.237. The highest BCUT2D eigenvalue weighted by atomic mass is 35.5. The van der Waals surface area contributed by atoms with E-state index in [4.69, 9.17) is 28.8 Å². The standard InChI is InChI=1S/C9H10ClN5O/c10-7(16)5-1-3-6(4-2-5)14-9(13)15-8(11)12/h1-4H,(H6,11,12,13,14,15). The van der Waals surface area contributed by atoms with E-state index in [1.54, 1.807) is 12.1 Å². The number of hydrogen-bond donors (Lipinski definition) is 3. The number of halogens is 1. The van der Waals surface area contributed by atoms with Gasteiger partial charge in [-0.1, -0.05) is 0 Å². The molecule has 84 valence electrons. The lowest BCUT2D eigenvalue weighted by Crippen LogP contribution is -2.26. The third-order valence-electron chi connectivity index (χ3n) is 1.58. The van der Waals surface area contributed by atoms with Gasteiger partial charge in [0.2, 0.25) is 5.96 Å². The Morgan fingerprint density at radius 2 is 1.69 bits per heavy atom. The number of aliphatic imine (C=N–C) groups is 2. The van der Waals surface area contributed by atoms with E-state index in [2.05, 4.69) is 9.98 Å². The summed E-state index contributed by atoms with van der Waals surface area (Å²) in [5, 5.41) is -0.535. The summed E-state index contributed by atoms with van der Waals surface area (Å²) in [6.45, 7) is 0. The van der Waals surface area contributed by atoms with E-state index in [9.17, 15) is 4.79 Å². The molecule has 0 radical (unpaired) electrons. The van der Waals surface area contributed by atoms with Crippen molar-refractivity contribution < 1.29 is 4.79 Å². The molecule has 0 heterocycles. The van der Waals surface area contributed by atoms with Crippen molar-refractivity contribution in [1.29, 1.82) is 0 Å². The first-order valence-electron chi connectivity index (χ1n) is 4.22. The topological polar surface area (TPSA) is 120 Å². The maximum atomic E-state index is 10.8. The molecule has 0 amide bonds. The van der Waals surface area contributed by atoms with Crippen LogP contribution >= 0.6 is 11.6 Å². The third kappa shape index (κ3) is 3.58. The Bertz CT molecular complexity index is 447. The van der Waals surface area contributed by atoms with Crippen LogP contribution in [0.5, 0.6) is 0 Å². The number of benzene rings is 1. The van der Waals surface area contributed by atoms with E-state index in [0.29, 0.717) is 11.3 Å². The highest BCUT2D eigenvalue weighted by Crippen LogP contribution is 2.14. The molecule has 0 bridgehead atoms. The molecule has 6 N–H and O–H groups in total. The van der Waals surface area contributed by atoms with Crippen molar-refractivity contribution in [2.75, 3.05) is 0 Å². The number of hydrogen-bond acceptors (Lipinski definition) is 2. The molecule has 1 rings (SSSR count). The van der Waals surface area contributed by atoms with Crippen molar-refractivity contribution in [2.24, 2.45) is 27.2 Å². The Hall–Kier alpha value is -2.08. The average molecular weight is 240 g/mol. The maximum Gasteiger partial charge on any atom is 0.252 e. The fourth-order valence-electron chi connectivity index (χ4n) is 0.957. The highest BCUT2D eigenvalue weighted by Gasteiger charge is 2.00. The molecule has 7 heteroatoms. The van der Waals surface area contributed by atoms with Crippen LogP contribution in [0.3, 0.4) is 0 Å². The molecule has 0 atom stereocenters. The van der Waals surface area contributed by atoms with Crippen molar-refractivity contribution in [1.82, 2.24) is 0 Å². The SMILES string of the molecule is NC(N)=NC(N)=Nc1ccc(C(=O)Cl)cc1. The van der Waals surface area contributed by atoms with Gasteiger partial charge in [0, 0.05) is 5.56 Å². The summed E-state index contributed by atoms with van der Waals surface area (Å²) in [4.78, 5) is 18.2. The van der Waals surface area contributed by atoms with Crippen LogP contribution in [0, 0.1) is 0 Å². The summed E-state index contributed by atoms with van der Waals surface area (Å²) in [6, 6.07) is 6.20. The van der Waals surface area contributed by atoms with Crippen molar-refractivity contribution in [3.05, 3.63) is 29.8 Å². The first-order valence-corrected chi connectivity index (χ1v) is 4.60. The van der Waals surface area contributed by atoms with Crippen molar-refractivity contribution in [3.63, 3.8) is 0 Å². The average Bonchev–Trinajstić information content (AvgIpc) is 2.16. The second-order valence-electron chi connectivity index (χ2n) is 2.83. The van der Waals surface area contributed by atoms with E-state index >= 15 is 0 Å². The van der Waals surface area contributed by atoms with E-state index in [1.165, 1.54) is 12.1 Å². The minimum atomic E-state index is -0.535. The fraction of sp³-hybridized carbons (Fsp3) is 0. The highest BCUT2D eigenvalue weighted by molar-refractivity contribution is 6.67. The molecular weight excluding hydrogens is 230 g/mol. The second-order valence-corrected chi connectivity index (χ2v) is 3.17. The predicted octanol–water partition coefficient (Wildman–Crippen LogP) is 0.285. The number of guanidine groups is 2. The number of nitrogens with zero attached hydrogens (tertiary/aromatic N) is 2. The molecule has 0 saturated carbocycles. The third-order valence-corrected chi connectivity index (χ3v) is 1.80. The molecule has 0 aliphatic heterocycles. The number of carbonyl (C=O) groups is 1. The number of rotatable bonds is 2. The molecule has 0 aliphatic rings. The summed E-state index contributed by atoms with van der Waals surface area (Å²) < 4.78 is 0. The zero-order valence-electron chi connectivity index (χ0n) is 8.22. The van der Waals surface area contributed by atoms with Gasteiger partial charge in [-0.15, -0.1) is 0 Å². The molecule has 0 unspecified atom stereocenters. The van der Waals surface area contributed by atoms with Gasteiger partial charge >= 0.3 is 0 Å². The van der Waals surface area contributed by atoms with Crippen LogP contribution in [0.15, 0.2) is 34.3 Å². The molecule has 0 aromatic heterocycles. The van der Waals surface area contributed by atoms with Crippen LogP contribution in [0.2, 0.25) is 0 Å². The van der Waals surface area contributed by atoms with Gasteiger partial charge in [0.05, 0.1) is 5.69 Å². The van der Waals surface area contributed by atoms with Crippen LogP contribution in [-0.4, -0.2) is 17.2 Å². The van der Waals surface area contributed by atoms with Crippen LogP contribution in [0.25, 0.3) is 0 Å². The van der Waals surface area contributed by atoms with Gasteiger partial charge in [-0.25, -0.2) is 4.99 Å². The normalized spacial score (nSPS) is 10.9. The minimum Gasteiger partial charge on any atom is -0.370 e. The monoisotopic (exact) mass is 239 g/mol. The quantitative estimate of drug-likeness (QED) is 0.390. The van der Waals surface area contributed by atoms with E-state index in [0.717, 1.165) is 0 Å². The number of carbonyl (C=O) groups excluding carboxylic acids is 1. The van der Waals surface area contributed by atoms with Crippen molar-refractivity contribution in [3.8, 4) is 0 Å². The molecule has 0 spiro atoms. The van der Waals surface area contributed by atoms with Gasteiger partial charge in [-0.3, -0.25) is 4.79 Å². The summed E-state index contributed by atoms with van der Waals surface area (Å²) in [5.41, 5.74) is 16.5. The van der Waals surface area contributed by atoms with E-state index in [-0.39, 0.29) is 11.9 Å².